The van der Waals surface area contributed by atoms with Crippen molar-refractivity contribution in [1.29, 1.82) is 0 Å². The molecule has 0 saturated carbocycles. The average Bonchev–Trinajstić information content (AvgIpc) is 3.35. The minimum absolute atomic E-state index is 0.0138. The summed E-state index contributed by atoms with van der Waals surface area (Å²) >= 11 is 5.76. The Bertz CT molecular complexity index is 971. The van der Waals surface area contributed by atoms with Gasteiger partial charge in [-0.05, 0) is 31.5 Å². The second kappa shape index (κ2) is 6.49. The lowest BCUT2D eigenvalue weighted by molar-refractivity contribution is 0.0787. The second-order valence-corrected chi connectivity index (χ2v) is 6.46. The van der Waals surface area contributed by atoms with Crippen LogP contribution < -0.4 is 0 Å². The molecule has 0 unspecified atom stereocenters. The molecule has 26 heavy (non-hydrogen) atoms. The van der Waals surface area contributed by atoms with Gasteiger partial charge in [-0.15, -0.1) is 5.10 Å². The monoisotopic (exact) mass is 376 g/mol. The Morgan fingerprint density at radius 3 is 3.00 bits per heavy atom. The summed E-state index contributed by atoms with van der Waals surface area (Å²) in [6.45, 7) is 2.76. The zero-order valence-corrected chi connectivity index (χ0v) is 14.5. The molecule has 1 amide bonds. The maximum Gasteiger partial charge on any atom is 0.280 e. The summed E-state index contributed by atoms with van der Waals surface area (Å²) < 4.78 is 20.0. The van der Waals surface area contributed by atoms with Crippen molar-refractivity contribution in [1.82, 2.24) is 30.0 Å². The predicted octanol–water partition coefficient (Wildman–Crippen LogP) is 2.52. The fourth-order valence-electron chi connectivity index (χ4n) is 2.91. The van der Waals surface area contributed by atoms with Crippen LogP contribution in [0.4, 0.5) is 4.39 Å². The van der Waals surface area contributed by atoms with Crippen LogP contribution in [0.15, 0.2) is 28.9 Å². The Morgan fingerprint density at radius 2 is 2.27 bits per heavy atom. The molecule has 1 aromatic carbocycles. The maximum atomic E-state index is 13.3. The van der Waals surface area contributed by atoms with Gasteiger partial charge in [-0.25, -0.2) is 9.07 Å². The molecule has 0 aliphatic carbocycles. The zero-order valence-electron chi connectivity index (χ0n) is 13.8. The van der Waals surface area contributed by atoms with Crippen LogP contribution in [0.2, 0.25) is 5.02 Å². The van der Waals surface area contributed by atoms with Crippen LogP contribution in [0.3, 0.4) is 0 Å². The van der Waals surface area contributed by atoms with Gasteiger partial charge in [0, 0.05) is 18.7 Å². The number of carbonyl (C=O) groups is 1. The minimum Gasteiger partial charge on any atom is -0.336 e. The summed E-state index contributed by atoms with van der Waals surface area (Å²) in [6.07, 6.45) is 2.45. The summed E-state index contributed by atoms with van der Waals surface area (Å²) in [5.74, 6) is 0.0852. The molecule has 4 rings (SSSR count). The number of rotatable bonds is 3. The average molecular weight is 377 g/mol. The number of hydrogen-bond acceptors (Lipinski definition) is 6. The van der Waals surface area contributed by atoms with E-state index in [9.17, 15) is 9.18 Å². The van der Waals surface area contributed by atoms with Crippen molar-refractivity contribution in [3.63, 3.8) is 0 Å². The first-order valence-electron chi connectivity index (χ1n) is 7.98. The normalized spacial score (nSPS) is 17.0. The van der Waals surface area contributed by atoms with E-state index in [1.54, 1.807) is 22.7 Å². The van der Waals surface area contributed by atoms with Crippen LogP contribution in [-0.2, 0) is 0 Å². The number of nitrogens with zero attached hydrogens (tertiary/aromatic N) is 6. The third kappa shape index (κ3) is 3.05. The molecule has 8 nitrogen and oxygen atoms in total. The van der Waals surface area contributed by atoms with Crippen molar-refractivity contribution < 1.29 is 13.7 Å². The van der Waals surface area contributed by atoms with Gasteiger partial charge in [0.05, 0.1) is 17.3 Å². The number of aromatic nitrogens is 5. The number of likely N-dealkylation sites (tertiary alicyclic amines) is 1. The molecule has 0 radical (unpaired) electrons. The first-order chi connectivity index (χ1) is 12.5. The van der Waals surface area contributed by atoms with Crippen molar-refractivity contribution in [3.8, 4) is 11.6 Å². The van der Waals surface area contributed by atoms with Crippen molar-refractivity contribution in [2.24, 2.45) is 0 Å². The van der Waals surface area contributed by atoms with Gasteiger partial charge in [0.2, 0.25) is 0 Å². The van der Waals surface area contributed by atoms with E-state index >= 15 is 0 Å². The van der Waals surface area contributed by atoms with Gasteiger partial charge in [-0.2, -0.15) is 4.98 Å². The van der Waals surface area contributed by atoms with Gasteiger partial charge in [-0.3, -0.25) is 4.79 Å². The second-order valence-electron chi connectivity index (χ2n) is 6.05. The van der Waals surface area contributed by atoms with Gasteiger partial charge >= 0.3 is 0 Å². The van der Waals surface area contributed by atoms with Gasteiger partial charge in [-0.1, -0.05) is 22.0 Å². The SMILES string of the molecule is Cc1noc(-c2cn([C@@H]3CCN(C(=O)c4ccc(F)c(Cl)c4)C3)nn2)n1. The lowest BCUT2D eigenvalue weighted by Gasteiger charge is -2.16. The number of aryl methyl sites for hydroxylation is 1. The van der Waals surface area contributed by atoms with E-state index < -0.39 is 5.82 Å². The summed E-state index contributed by atoms with van der Waals surface area (Å²) in [5, 5.41) is 11.8. The van der Waals surface area contributed by atoms with Gasteiger partial charge in [0.1, 0.15) is 5.82 Å². The van der Waals surface area contributed by atoms with Crippen molar-refractivity contribution in [2.45, 2.75) is 19.4 Å². The molecule has 0 bridgehead atoms. The van der Waals surface area contributed by atoms with Crippen LogP contribution >= 0.6 is 11.6 Å². The highest BCUT2D eigenvalue weighted by molar-refractivity contribution is 6.31. The fourth-order valence-corrected chi connectivity index (χ4v) is 3.09. The molecule has 3 aromatic rings. The topological polar surface area (TPSA) is 89.9 Å². The third-order valence-electron chi connectivity index (χ3n) is 4.25. The molecule has 1 atom stereocenters. The lowest BCUT2D eigenvalue weighted by atomic mass is 10.2. The first kappa shape index (κ1) is 16.6. The molecule has 1 aliphatic rings. The quantitative estimate of drug-likeness (QED) is 0.697. The Kier molecular flexibility index (Phi) is 4.15. The van der Waals surface area contributed by atoms with Crippen LogP contribution in [0.1, 0.15) is 28.6 Å². The Morgan fingerprint density at radius 1 is 1.42 bits per heavy atom. The molecule has 1 saturated heterocycles. The molecule has 0 N–H and O–H groups in total. The zero-order chi connectivity index (χ0) is 18.3. The van der Waals surface area contributed by atoms with E-state index in [1.807, 2.05) is 0 Å². The van der Waals surface area contributed by atoms with E-state index in [-0.39, 0.29) is 17.0 Å². The third-order valence-corrected chi connectivity index (χ3v) is 4.54. The van der Waals surface area contributed by atoms with Crippen LogP contribution in [0.5, 0.6) is 0 Å². The fraction of sp³-hybridized carbons (Fsp3) is 0.312. The number of benzene rings is 1. The van der Waals surface area contributed by atoms with Crippen LogP contribution in [-0.4, -0.2) is 49.0 Å². The molecule has 2 aromatic heterocycles. The number of halogens is 2. The molecule has 0 spiro atoms. The van der Waals surface area contributed by atoms with Gasteiger partial charge in [0.25, 0.3) is 11.8 Å². The van der Waals surface area contributed by atoms with Crippen molar-refractivity contribution >= 4 is 17.5 Å². The predicted molar refractivity (Wildman–Crippen MR) is 89.0 cm³/mol. The number of hydrogen-bond donors (Lipinski definition) is 0. The number of amides is 1. The standard InChI is InChI=1S/C16H14ClFN6O2/c1-9-19-15(26-21-9)14-8-24(22-20-14)11-4-5-23(7-11)16(25)10-2-3-13(18)12(17)6-10/h2-3,6,8,11H,4-5,7H2,1H3/t11-/m1/s1. The molecular weight excluding hydrogens is 363 g/mol. The van der Waals surface area contributed by atoms with E-state index in [1.165, 1.54) is 18.2 Å². The summed E-state index contributed by atoms with van der Waals surface area (Å²) in [6, 6.07) is 3.96. The van der Waals surface area contributed by atoms with E-state index in [4.69, 9.17) is 16.1 Å². The van der Waals surface area contributed by atoms with Crippen molar-refractivity contribution in [2.75, 3.05) is 13.1 Å². The lowest BCUT2D eigenvalue weighted by Crippen LogP contribution is -2.29. The highest BCUT2D eigenvalue weighted by atomic mass is 35.5. The highest BCUT2D eigenvalue weighted by Crippen LogP contribution is 2.25. The maximum absolute atomic E-state index is 13.3. The Balaban J connectivity index is 1.47. The van der Waals surface area contributed by atoms with Gasteiger partial charge in [0.15, 0.2) is 11.5 Å². The van der Waals surface area contributed by atoms with E-state index in [0.29, 0.717) is 36.1 Å². The highest BCUT2D eigenvalue weighted by Gasteiger charge is 2.29. The number of carbonyl (C=O) groups excluding carboxylic acids is 1. The van der Waals surface area contributed by atoms with Crippen LogP contribution in [0, 0.1) is 12.7 Å². The van der Waals surface area contributed by atoms with E-state index in [2.05, 4.69) is 20.5 Å². The minimum atomic E-state index is -0.547. The molecular formula is C16H14ClFN6O2. The molecule has 1 aliphatic heterocycles. The Hall–Kier alpha value is -2.81. The largest absolute Gasteiger partial charge is 0.336 e. The van der Waals surface area contributed by atoms with Crippen molar-refractivity contribution in [3.05, 3.63) is 46.6 Å². The van der Waals surface area contributed by atoms with Gasteiger partial charge < -0.3 is 9.42 Å². The molecule has 134 valence electrons. The summed E-state index contributed by atoms with van der Waals surface area (Å²) in [4.78, 5) is 18.4. The molecule has 1 fully saturated rings. The first-order valence-corrected chi connectivity index (χ1v) is 8.36. The van der Waals surface area contributed by atoms with E-state index in [0.717, 1.165) is 6.42 Å². The molecule has 10 heteroatoms. The smallest absolute Gasteiger partial charge is 0.280 e. The molecule has 3 heterocycles. The van der Waals surface area contributed by atoms with Crippen LogP contribution in [0.25, 0.3) is 11.6 Å². The summed E-state index contributed by atoms with van der Waals surface area (Å²) in [5.41, 5.74) is 0.846. The Labute approximate surface area is 152 Å². The summed E-state index contributed by atoms with van der Waals surface area (Å²) in [7, 11) is 0.